The quantitative estimate of drug-likeness (QED) is 0.184. The predicted molar refractivity (Wildman–Crippen MR) is 221 cm³/mol. The van der Waals surface area contributed by atoms with Crippen LogP contribution in [0.2, 0.25) is 0 Å². The molecule has 0 aliphatic heterocycles. The zero-order chi connectivity index (χ0) is 34.6. The number of furan rings is 3. The average molecular weight is 698 g/mol. The number of fused-ring (bicyclic) bond motifs is 13. The monoisotopic (exact) mass is 697 g/mol. The molecule has 0 spiro atoms. The third-order valence-electron chi connectivity index (χ3n) is 10.7. The highest BCUT2D eigenvalue weighted by atomic mass is 32.1. The van der Waals surface area contributed by atoms with E-state index in [2.05, 4.69) is 132 Å². The fraction of sp³-hybridized carbons (Fsp3) is 0. The van der Waals surface area contributed by atoms with Gasteiger partial charge in [0.05, 0.1) is 0 Å². The van der Waals surface area contributed by atoms with Gasteiger partial charge in [-0.2, -0.15) is 0 Å². The summed E-state index contributed by atoms with van der Waals surface area (Å²) < 4.78 is 21.5. The second-order valence-corrected chi connectivity index (χ2v) is 14.7. The minimum atomic E-state index is 0.853. The van der Waals surface area contributed by atoms with E-state index in [1.165, 1.54) is 36.7 Å². The molecule has 4 aromatic heterocycles. The molecule has 0 amide bonds. The molecule has 4 heterocycles. The van der Waals surface area contributed by atoms with Crippen molar-refractivity contribution in [2.45, 2.75) is 0 Å². The zero-order valence-electron chi connectivity index (χ0n) is 28.2. The molecule has 5 heteroatoms. The van der Waals surface area contributed by atoms with E-state index in [1.807, 2.05) is 47.7 Å². The van der Waals surface area contributed by atoms with Crippen LogP contribution in [0.1, 0.15) is 0 Å². The van der Waals surface area contributed by atoms with Crippen molar-refractivity contribution in [2.24, 2.45) is 0 Å². The van der Waals surface area contributed by atoms with Crippen LogP contribution in [0.25, 0.3) is 97.1 Å². The molecule has 0 saturated carbocycles. The van der Waals surface area contributed by atoms with Gasteiger partial charge in [-0.05, 0) is 77.9 Å². The van der Waals surface area contributed by atoms with Crippen LogP contribution >= 0.6 is 11.3 Å². The molecule has 53 heavy (non-hydrogen) atoms. The van der Waals surface area contributed by atoms with Crippen LogP contribution in [0.3, 0.4) is 0 Å². The molecule has 248 valence electrons. The second kappa shape index (κ2) is 10.8. The summed E-state index contributed by atoms with van der Waals surface area (Å²) in [6.07, 6.45) is 0. The lowest BCUT2D eigenvalue weighted by molar-refractivity contribution is 0.668. The first-order chi connectivity index (χ1) is 26.2. The summed E-state index contributed by atoms with van der Waals surface area (Å²) in [7, 11) is 0. The van der Waals surface area contributed by atoms with Gasteiger partial charge in [0.2, 0.25) is 0 Å². The minimum Gasteiger partial charge on any atom is -0.456 e. The Balaban J connectivity index is 1.02. The number of benzene rings is 8. The number of nitrogens with zero attached hydrogens (tertiary/aromatic N) is 1. The summed E-state index contributed by atoms with van der Waals surface area (Å²) >= 11 is 1.85. The molecule has 8 aromatic carbocycles. The maximum atomic E-state index is 6.36. The molecule has 0 unspecified atom stereocenters. The maximum absolute atomic E-state index is 6.36. The predicted octanol–water partition coefficient (Wildman–Crippen LogP) is 14.9. The molecule has 0 radical (unpaired) electrons. The number of hydrogen-bond acceptors (Lipinski definition) is 5. The standard InChI is InChI=1S/C48H27NO3S/c1-4-13-40-33(8-1)35-22-20-30(26-44(35)51-40)49(31-21-23-36-34-9-2-5-14-41(34)52-45(36)27-31)29-18-16-28(17-19-29)32-11-7-12-37-38-24-25-43-46(48(38)53-47(32)37)39-10-3-6-15-42(39)50-43/h1-27H. The van der Waals surface area contributed by atoms with Crippen molar-refractivity contribution in [1.82, 2.24) is 0 Å². The number of anilines is 3. The van der Waals surface area contributed by atoms with Crippen molar-refractivity contribution in [1.29, 1.82) is 0 Å². The zero-order valence-corrected chi connectivity index (χ0v) is 29.0. The van der Waals surface area contributed by atoms with Crippen molar-refractivity contribution in [3.8, 4) is 11.1 Å². The SMILES string of the molecule is c1ccc2c(c1)oc1cc(N(c3ccc(-c4cccc5c4sc4c5ccc5oc6ccccc6c54)cc3)c3ccc4c(c3)oc3ccccc34)ccc12. The smallest absolute Gasteiger partial charge is 0.137 e. The lowest BCUT2D eigenvalue weighted by atomic mass is 10.0. The fourth-order valence-corrected chi connectivity index (χ4v) is 9.63. The molecule has 0 saturated heterocycles. The Kier molecular flexibility index (Phi) is 5.90. The van der Waals surface area contributed by atoms with E-state index in [9.17, 15) is 0 Å². The Morgan fingerprint density at radius 2 is 0.830 bits per heavy atom. The summed E-state index contributed by atoms with van der Waals surface area (Å²) in [6.45, 7) is 0. The van der Waals surface area contributed by atoms with Gasteiger partial charge in [0.15, 0.2) is 0 Å². The third-order valence-corrected chi connectivity index (χ3v) is 12.0. The number of rotatable bonds is 4. The molecular formula is C48H27NO3S. The summed E-state index contributed by atoms with van der Waals surface area (Å²) in [5.74, 6) is 0. The van der Waals surface area contributed by atoms with Gasteiger partial charge >= 0.3 is 0 Å². The van der Waals surface area contributed by atoms with Crippen LogP contribution in [-0.2, 0) is 0 Å². The van der Waals surface area contributed by atoms with Gasteiger partial charge in [-0.3, -0.25) is 0 Å². The van der Waals surface area contributed by atoms with Crippen LogP contribution in [0.5, 0.6) is 0 Å². The van der Waals surface area contributed by atoms with E-state index in [1.54, 1.807) is 0 Å². The Morgan fingerprint density at radius 3 is 1.49 bits per heavy atom. The minimum absolute atomic E-state index is 0.853. The number of hydrogen-bond donors (Lipinski definition) is 0. The largest absolute Gasteiger partial charge is 0.456 e. The topological polar surface area (TPSA) is 42.7 Å². The third kappa shape index (κ3) is 4.23. The molecule has 12 rings (SSSR count). The molecule has 12 aromatic rings. The molecule has 0 bridgehead atoms. The fourth-order valence-electron chi connectivity index (χ4n) is 8.24. The number of para-hydroxylation sites is 3. The molecular weight excluding hydrogens is 671 g/mol. The van der Waals surface area contributed by atoms with Crippen LogP contribution in [-0.4, -0.2) is 0 Å². The Labute approximate surface area is 306 Å². The van der Waals surface area contributed by atoms with Gasteiger partial charge in [0, 0.05) is 81.7 Å². The van der Waals surface area contributed by atoms with Crippen LogP contribution < -0.4 is 4.90 Å². The summed E-state index contributed by atoms with van der Waals surface area (Å²) in [6, 6.07) is 57.6. The van der Waals surface area contributed by atoms with Crippen LogP contribution in [0, 0.1) is 0 Å². The first-order valence-corrected chi connectivity index (χ1v) is 18.6. The molecule has 0 N–H and O–H groups in total. The van der Waals surface area contributed by atoms with E-state index in [0.29, 0.717) is 0 Å². The van der Waals surface area contributed by atoms with E-state index in [0.717, 1.165) is 77.5 Å². The van der Waals surface area contributed by atoms with Gasteiger partial charge in [0.25, 0.3) is 0 Å². The highest BCUT2D eigenvalue weighted by molar-refractivity contribution is 7.27. The maximum Gasteiger partial charge on any atom is 0.137 e. The Hall–Kier alpha value is -6.82. The van der Waals surface area contributed by atoms with Crippen LogP contribution in [0.4, 0.5) is 17.1 Å². The summed E-state index contributed by atoms with van der Waals surface area (Å²) in [4.78, 5) is 2.28. The van der Waals surface area contributed by atoms with E-state index < -0.39 is 0 Å². The van der Waals surface area contributed by atoms with Gasteiger partial charge < -0.3 is 18.2 Å². The molecule has 0 atom stereocenters. The van der Waals surface area contributed by atoms with Gasteiger partial charge in [0.1, 0.15) is 33.5 Å². The molecule has 0 fully saturated rings. The normalized spacial score (nSPS) is 12.2. The highest BCUT2D eigenvalue weighted by Gasteiger charge is 2.20. The molecule has 0 aliphatic carbocycles. The summed E-state index contributed by atoms with van der Waals surface area (Å²) in [5, 5.41) is 9.31. The Morgan fingerprint density at radius 1 is 0.340 bits per heavy atom. The van der Waals surface area contributed by atoms with E-state index >= 15 is 0 Å². The van der Waals surface area contributed by atoms with Crippen LogP contribution in [0.15, 0.2) is 177 Å². The second-order valence-electron chi connectivity index (χ2n) is 13.6. The average Bonchev–Trinajstić information content (AvgIpc) is 3.97. The highest BCUT2D eigenvalue weighted by Crippen LogP contribution is 2.46. The van der Waals surface area contributed by atoms with Gasteiger partial charge in [-0.1, -0.05) is 84.9 Å². The van der Waals surface area contributed by atoms with Gasteiger partial charge in [-0.15, -0.1) is 11.3 Å². The van der Waals surface area contributed by atoms with Gasteiger partial charge in [-0.25, -0.2) is 0 Å². The lowest BCUT2D eigenvalue weighted by Crippen LogP contribution is -2.09. The van der Waals surface area contributed by atoms with Crippen molar-refractivity contribution >= 4 is 114 Å². The number of thiophene rings is 1. The van der Waals surface area contributed by atoms with Crippen molar-refractivity contribution in [3.05, 3.63) is 164 Å². The summed E-state index contributed by atoms with van der Waals surface area (Å²) in [5.41, 5.74) is 10.8. The van der Waals surface area contributed by atoms with E-state index in [4.69, 9.17) is 13.3 Å². The van der Waals surface area contributed by atoms with Crippen molar-refractivity contribution in [3.63, 3.8) is 0 Å². The first kappa shape index (κ1) is 28.8. The molecule has 4 nitrogen and oxygen atoms in total. The van der Waals surface area contributed by atoms with E-state index in [-0.39, 0.29) is 0 Å². The van der Waals surface area contributed by atoms with Crippen molar-refractivity contribution < 1.29 is 13.3 Å². The lowest BCUT2D eigenvalue weighted by Gasteiger charge is -2.25. The molecule has 0 aliphatic rings. The van der Waals surface area contributed by atoms with Crippen molar-refractivity contribution in [2.75, 3.05) is 4.90 Å². The first-order valence-electron chi connectivity index (χ1n) is 17.7. The Bertz CT molecular complexity index is 3300.